The molecule has 0 spiro atoms. The minimum atomic E-state index is -0.770. The molecule has 0 fully saturated rings. The average molecular weight is 328 g/mol. The fourth-order valence-corrected chi connectivity index (χ4v) is 1.75. The van der Waals surface area contributed by atoms with Gasteiger partial charge in [0, 0.05) is 11.6 Å². The highest BCUT2D eigenvalue weighted by Crippen LogP contribution is 2.22. The number of nitro groups is 1. The lowest BCUT2D eigenvalue weighted by Gasteiger charge is -2.06. The topological polar surface area (TPSA) is 117 Å². The van der Waals surface area contributed by atoms with Gasteiger partial charge in [-0.3, -0.25) is 14.9 Å². The second-order valence-electron chi connectivity index (χ2n) is 4.88. The fraction of sp³-hybridized carbons (Fsp3) is 0.125. The number of nitrogens with one attached hydrogen (secondary N) is 1. The van der Waals surface area contributed by atoms with Gasteiger partial charge in [0.25, 0.3) is 11.6 Å². The quantitative estimate of drug-likeness (QED) is 0.490. The molecule has 1 N–H and O–H groups in total. The van der Waals surface area contributed by atoms with Crippen molar-refractivity contribution in [2.45, 2.75) is 6.92 Å². The van der Waals surface area contributed by atoms with Gasteiger partial charge in [-0.25, -0.2) is 5.43 Å². The molecule has 1 amide bonds. The molecule has 2 aromatic rings. The van der Waals surface area contributed by atoms with Gasteiger partial charge >= 0.3 is 0 Å². The van der Waals surface area contributed by atoms with Gasteiger partial charge in [-0.05, 0) is 24.8 Å². The van der Waals surface area contributed by atoms with Gasteiger partial charge in [-0.2, -0.15) is 5.10 Å². The van der Waals surface area contributed by atoms with Crippen molar-refractivity contribution in [1.82, 2.24) is 5.43 Å². The molecule has 8 heteroatoms. The lowest BCUT2D eigenvalue weighted by molar-refractivity contribution is -0.398. The van der Waals surface area contributed by atoms with Crippen molar-refractivity contribution in [3.05, 3.63) is 63.7 Å². The molecule has 0 heterocycles. The maximum absolute atomic E-state index is 11.6. The number of carbonyl (C=O) groups is 1. The van der Waals surface area contributed by atoms with E-state index in [1.807, 2.05) is 19.1 Å². The second-order valence-corrected chi connectivity index (χ2v) is 4.88. The highest BCUT2D eigenvalue weighted by atomic mass is 16.6. The monoisotopic (exact) mass is 328 g/mol. The lowest BCUT2D eigenvalue weighted by atomic mass is 10.2. The number of hydrogen-bond acceptors (Lipinski definition) is 6. The smallest absolute Gasteiger partial charge is 0.277 e. The van der Waals surface area contributed by atoms with Crippen LogP contribution in [0, 0.1) is 17.0 Å². The van der Waals surface area contributed by atoms with Gasteiger partial charge in [0.15, 0.2) is 6.61 Å². The summed E-state index contributed by atoms with van der Waals surface area (Å²) in [6.45, 7) is 1.72. The number of ether oxygens (including phenoxy) is 1. The van der Waals surface area contributed by atoms with Crippen molar-refractivity contribution in [3.63, 3.8) is 0 Å². The summed E-state index contributed by atoms with van der Waals surface area (Å²) < 4.78 is 5.28. The van der Waals surface area contributed by atoms with Gasteiger partial charge in [-0.15, -0.1) is 0 Å². The van der Waals surface area contributed by atoms with Crippen LogP contribution < -0.4 is 15.3 Å². The number of benzene rings is 2. The van der Waals surface area contributed by atoms with E-state index in [2.05, 4.69) is 10.5 Å². The van der Waals surface area contributed by atoms with Crippen LogP contribution in [0.1, 0.15) is 11.1 Å². The summed E-state index contributed by atoms with van der Waals surface area (Å²) in [5, 5.41) is 25.6. The molecule has 0 aliphatic carbocycles. The molecule has 0 radical (unpaired) electrons. The van der Waals surface area contributed by atoms with Crippen molar-refractivity contribution in [3.8, 4) is 11.5 Å². The van der Waals surface area contributed by atoms with Crippen molar-refractivity contribution in [1.29, 1.82) is 0 Å². The van der Waals surface area contributed by atoms with Crippen molar-refractivity contribution >= 4 is 17.8 Å². The van der Waals surface area contributed by atoms with Crippen LogP contribution in [0.5, 0.6) is 11.5 Å². The number of carbonyl (C=O) groups excluding carboxylic acids is 1. The van der Waals surface area contributed by atoms with Gasteiger partial charge in [0.2, 0.25) is 0 Å². The summed E-state index contributed by atoms with van der Waals surface area (Å²) in [6.07, 6.45) is 1.20. The Morgan fingerprint density at radius 2 is 2.00 bits per heavy atom. The Hall–Kier alpha value is -3.42. The first-order chi connectivity index (χ1) is 11.5. The Morgan fingerprint density at radius 1 is 1.29 bits per heavy atom. The van der Waals surface area contributed by atoms with E-state index in [9.17, 15) is 20.0 Å². The van der Waals surface area contributed by atoms with E-state index in [-0.39, 0.29) is 6.61 Å². The van der Waals surface area contributed by atoms with Crippen molar-refractivity contribution < 1.29 is 19.6 Å². The van der Waals surface area contributed by atoms with Crippen LogP contribution >= 0.6 is 0 Å². The summed E-state index contributed by atoms with van der Waals surface area (Å²) in [5.41, 5.74) is 3.08. The lowest BCUT2D eigenvalue weighted by Crippen LogP contribution is -2.24. The van der Waals surface area contributed by atoms with Crippen LogP contribution in [0.25, 0.3) is 0 Å². The Kier molecular flexibility index (Phi) is 5.45. The van der Waals surface area contributed by atoms with Crippen LogP contribution in [-0.2, 0) is 4.79 Å². The van der Waals surface area contributed by atoms with Crippen LogP contribution in [0.15, 0.2) is 47.6 Å². The maximum Gasteiger partial charge on any atom is 0.277 e. The zero-order valence-electron chi connectivity index (χ0n) is 12.8. The van der Waals surface area contributed by atoms with E-state index in [4.69, 9.17) is 4.74 Å². The molecule has 0 aliphatic rings. The van der Waals surface area contributed by atoms with E-state index in [1.54, 1.807) is 12.1 Å². The second kappa shape index (κ2) is 7.73. The van der Waals surface area contributed by atoms with Gasteiger partial charge < -0.3 is 9.84 Å². The molecule has 0 aromatic heterocycles. The minimum Gasteiger partial charge on any atom is -0.868 e. The van der Waals surface area contributed by atoms with Crippen LogP contribution in [0.3, 0.4) is 0 Å². The number of rotatable bonds is 6. The Morgan fingerprint density at radius 3 is 2.67 bits per heavy atom. The summed E-state index contributed by atoms with van der Waals surface area (Å²) >= 11 is 0. The third-order valence-electron chi connectivity index (χ3n) is 2.97. The van der Waals surface area contributed by atoms with Crippen LogP contribution in [-0.4, -0.2) is 23.7 Å². The number of hydrazone groups is 1. The first-order valence-corrected chi connectivity index (χ1v) is 6.92. The highest BCUT2D eigenvalue weighted by molar-refractivity contribution is 5.84. The molecule has 0 unspecified atom stereocenters. The van der Waals surface area contributed by atoms with Crippen LogP contribution in [0.4, 0.5) is 5.69 Å². The van der Waals surface area contributed by atoms with Crippen molar-refractivity contribution in [2.75, 3.05) is 6.61 Å². The molecule has 0 aliphatic heterocycles. The van der Waals surface area contributed by atoms with Crippen molar-refractivity contribution in [2.24, 2.45) is 5.10 Å². The van der Waals surface area contributed by atoms with Gasteiger partial charge in [0.1, 0.15) is 5.75 Å². The van der Waals surface area contributed by atoms with E-state index in [0.29, 0.717) is 11.3 Å². The largest absolute Gasteiger partial charge is 0.868 e. The number of nitrogens with zero attached hydrogens (tertiary/aromatic N) is 2. The number of amides is 1. The first kappa shape index (κ1) is 16.9. The van der Waals surface area contributed by atoms with Gasteiger partial charge in [0.05, 0.1) is 11.1 Å². The summed E-state index contributed by atoms with van der Waals surface area (Å²) in [7, 11) is 0. The summed E-state index contributed by atoms with van der Waals surface area (Å²) in [6, 6.07) is 10.7. The molecule has 124 valence electrons. The predicted molar refractivity (Wildman–Crippen MR) is 85.0 cm³/mol. The minimum absolute atomic E-state index is 0.222. The molecular formula is C16H14N3O5-. The molecule has 0 saturated heterocycles. The predicted octanol–water partition coefficient (Wildman–Crippen LogP) is 1.51. The molecule has 8 nitrogen and oxygen atoms in total. The molecule has 0 atom stereocenters. The Labute approximate surface area is 137 Å². The Balaban J connectivity index is 1.87. The normalized spacial score (nSPS) is 10.5. The molecule has 0 bridgehead atoms. The molecule has 2 rings (SSSR count). The third-order valence-corrected chi connectivity index (χ3v) is 2.97. The standard InChI is InChI=1S/C16H15N3O5/c1-11-2-5-13(6-3-11)24-10-16(21)18-17-9-12-4-7-15(20)14(8-12)19(22)23/h2-9,20H,10H2,1H3,(H,18,21)/p-1. The van der Waals surface area contributed by atoms with Gasteiger partial charge in [-0.1, -0.05) is 29.8 Å². The van der Waals surface area contributed by atoms with E-state index < -0.39 is 22.3 Å². The van der Waals surface area contributed by atoms with Crippen LogP contribution in [0.2, 0.25) is 0 Å². The number of hydrogen-bond donors (Lipinski definition) is 1. The summed E-state index contributed by atoms with van der Waals surface area (Å²) in [5.74, 6) is -0.615. The van der Waals surface area contributed by atoms with E-state index in [1.165, 1.54) is 12.3 Å². The SMILES string of the molecule is Cc1ccc(OCC(=O)NN=Cc2ccc([O-])c([N+](=O)[O-])c2)cc1. The zero-order valence-corrected chi connectivity index (χ0v) is 12.8. The highest BCUT2D eigenvalue weighted by Gasteiger charge is 2.07. The first-order valence-electron chi connectivity index (χ1n) is 6.92. The molecule has 0 saturated carbocycles. The third kappa shape index (κ3) is 4.80. The Bertz CT molecular complexity index is 772. The summed E-state index contributed by atoms with van der Waals surface area (Å²) in [4.78, 5) is 21.5. The number of aryl methyl sites for hydroxylation is 1. The number of nitro benzene ring substituents is 1. The maximum atomic E-state index is 11.6. The van der Waals surface area contributed by atoms with E-state index in [0.717, 1.165) is 17.7 Å². The fourth-order valence-electron chi connectivity index (χ4n) is 1.75. The molecule has 24 heavy (non-hydrogen) atoms. The molecule has 2 aromatic carbocycles. The average Bonchev–Trinajstić information content (AvgIpc) is 2.55. The zero-order chi connectivity index (χ0) is 17.5. The van der Waals surface area contributed by atoms with E-state index >= 15 is 0 Å². The molecular weight excluding hydrogens is 314 g/mol.